The van der Waals surface area contributed by atoms with E-state index < -0.39 is 95.7 Å². The quantitative estimate of drug-likeness (QED) is 0.221. The van der Waals surface area contributed by atoms with Crippen molar-refractivity contribution in [2.24, 2.45) is 0 Å². The topological polar surface area (TPSA) is 208 Å². The molecule has 2 aliphatic carbocycles. The molecule has 0 amide bonds. The van der Waals surface area contributed by atoms with E-state index in [-0.39, 0.29) is 34.4 Å². The van der Waals surface area contributed by atoms with Gasteiger partial charge < -0.3 is 45.5 Å². The van der Waals surface area contributed by atoms with Crippen LogP contribution < -0.4 is 10.5 Å². The first kappa shape index (κ1) is 27.2. The van der Waals surface area contributed by atoms with Gasteiger partial charge in [-0.2, -0.15) is 0 Å². The number of quaternary nitrogens is 1. The van der Waals surface area contributed by atoms with E-state index in [0.717, 1.165) is 0 Å². The number of carbonyl (C=O) groups is 3. The van der Waals surface area contributed by atoms with Gasteiger partial charge in [0.1, 0.15) is 41.6 Å². The maximum atomic E-state index is 13.7. The highest BCUT2D eigenvalue weighted by Crippen LogP contribution is 2.52. The fourth-order valence-electron chi connectivity index (χ4n) is 5.81. The zero-order chi connectivity index (χ0) is 28.4. The number of methoxy groups -OCH3 is 1. The Hall–Kier alpha value is -3.39. The molecule has 208 valence electrons. The van der Waals surface area contributed by atoms with Crippen LogP contribution in [0.5, 0.6) is 17.2 Å². The lowest BCUT2D eigenvalue weighted by Crippen LogP contribution is -2.71. The van der Waals surface area contributed by atoms with Crippen molar-refractivity contribution in [3.63, 3.8) is 0 Å². The van der Waals surface area contributed by atoms with Crippen LogP contribution in [0.2, 0.25) is 0 Å². The van der Waals surface area contributed by atoms with Crippen LogP contribution in [0.15, 0.2) is 18.2 Å². The van der Waals surface area contributed by atoms with Crippen molar-refractivity contribution in [1.82, 2.24) is 0 Å². The van der Waals surface area contributed by atoms with Crippen LogP contribution >= 0.6 is 0 Å². The highest BCUT2D eigenvalue weighted by atomic mass is 16.7. The number of aliphatic hydroxyl groups is 3. The van der Waals surface area contributed by atoms with Gasteiger partial charge in [0.15, 0.2) is 17.9 Å². The number of hydrogen-bond donors (Lipinski definition) is 6. The number of benzene rings is 2. The van der Waals surface area contributed by atoms with Gasteiger partial charge in [-0.05, 0) is 13.0 Å². The molecule has 0 saturated carbocycles. The largest absolute Gasteiger partial charge is 0.507 e. The van der Waals surface area contributed by atoms with Gasteiger partial charge in [0.05, 0.1) is 42.4 Å². The molecule has 8 N–H and O–H groups in total. The van der Waals surface area contributed by atoms with Crippen LogP contribution in [0.25, 0.3) is 0 Å². The molecule has 2 aromatic rings. The standard InChI is InChI=1S/C27H29NO11/c1-10-22(31)13(28)6-17(38-10)39-15-8-27(36,16(30)9-29)7-12-19(15)26(35)21-20(24(12)33)23(32)11-4-3-5-14(37-2)18(11)25(21)34/h3-5,10,13,15,17,22,29,31,33,35-36H,6-9,28H2,1-2H3/p+1/t10?,13-,15-,17-,22-,27-/m0/s1. The van der Waals surface area contributed by atoms with E-state index in [1.165, 1.54) is 25.3 Å². The smallest absolute Gasteiger partial charge is 0.202 e. The van der Waals surface area contributed by atoms with Crippen molar-refractivity contribution in [3.8, 4) is 17.2 Å². The van der Waals surface area contributed by atoms with Crippen LogP contribution in [-0.2, 0) is 20.7 Å². The number of ether oxygens (including phenoxy) is 3. The summed E-state index contributed by atoms with van der Waals surface area (Å²) >= 11 is 0. The van der Waals surface area contributed by atoms with Crippen molar-refractivity contribution in [1.29, 1.82) is 0 Å². The van der Waals surface area contributed by atoms with Crippen molar-refractivity contribution in [2.45, 2.75) is 62.4 Å². The number of phenolic OH excluding ortho intramolecular Hbond substituents is 2. The van der Waals surface area contributed by atoms with E-state index in [1.54, 1.807) is 6.92 Å². The second-order valence-corrected chi connectivity index (χ2v) is 10.3. The van der Waals surface area contributed by atoms with Gasteiger partial charge in [-0.1, -0.05) is 12.1 Å². The van der Waals surface area contributed by atoms with E-state index in [4.69, 9.17) is 14.2 Å². The van der Waals surface area contributed by atoms with Crippen molar-refractivity contribution < 1.29 is 59.9 Å². The summed E-state index contributed by atoms with van der Waals surface area (Å²) < 4.78 is 17.1. The van der Waals surface area contributed by atoms with Crippen LogP contribution in [-0.4, -0.2) is 86.7 Å². The first-order valence-corrected chi connectivity index (χ1v) is 12.5. The first-order valence-electron chi connectivity index (χ1n) is 12.5. The van der Waals surface area contributed by atoms with E-state index >= 15 is 0 Å². The van der Waals surface area contributed by atoms with Crippen LogP contribution in [0, 0.1) is 0 Å². The van der Waals surface area contributed by atoms with E-state index in [9.17, 15) is 39.9 Å². The van der Waals surface area contributed by atoms with Gasteiger partial charge in [-0.3, -0.25) is 14.4 Å². The SMILES string of the molecule is COc1cccc2c1C(=O)c1c(O)c3c(c(O)c1C2=O)C[C@@](O)(C(=O)CO)C[C@@H]3O[C@H]1C[C@H]([NH3+])[C@@H](O)C(C)O1. The Kier molecular flexibility index (Phi) is 6.74. The van der Waals surface area contributed by atoms with Crippen LogP contribution in [0.1, 0.15) is 68.8 Å². The Balaban J connectivity index is 1.69. The molecule has 0 spiro atoms. The molecule has 39 heavy (non-hydrogen) atoms. The number of ketones is 3. The second kappa shape index (κ2) is 9.66. The molecule has 3 aliphatic rings. The molecule has 1 fully saturated rings. The Morgan fingerprint density at radius 2 is 1.85 bits per heavy atom. The van der Waals surface area contributed by atoms with Crippen molar-refractivity contribution in [2.75, 3.05) is 13.7 Å². The predicted octanol–water partition coefficient (Wildman–Crippen LogP) is -0.715. The van der Waals surface area contributed by atoms with Gasteiger partial charge >= 0.3 is 0 Å². The Morgan fingerprint density at radius 3 is 2.49 bits per heavy atom. The Labute approximate surface area is 222 Å². The Morgan fingerprint density at radius 1 is 1.15 bits per heavy atom. The number of hydrogen-bond acceptors (Lipinski definition) is 11. The van der Waals surface area contributed by atoms with Gasteiger partial charge in [0, 0.05) is 29.5 Å². The van der Waals surface area contributed by atoms with E-state index in [0.29, 0.717) is 0 Å². The summed E-state index contributed by atoms with van der Waals surface area (Å²) in [5.41, 5.74) is 0.362. The second-order valence-electron chi connectivity index (χ2n) is 10.3. The summed E-state index contributed by atoms with van der Waals surface area (Å²) in [5, 5.41) is 53.8. The third kappa shape index (κ3) is 4.11. The van der Waals surface area contributed by atoms with Crippen LogP contribution in [0.3, 0.4) is 0 Å². The minimum Gasteiger partial charge on any atom is -0.507 e. The lowest BCUT2D eigenvalue weighted by Gasteiger charge is -2.41. The highest BCUT2D eigenvalue weighted by Gasteiger charge is 2.50. The van der Waals surface area contributed by atoms with Gasteiger partial charge in [0.2, 0.25) is 5.78 Å². The maximum absolute atomic E-state index is 13.7. The van der Waals surface area contributed by atoms with E-state index in [2.05, 4.69) is 5.73 Å². The number of aliphatic hydroxyl groups excluding tert-OH is 2. The average Bonchev–Trinajstić information content (AvgIpc) is 2.90. The maximum Gasteiger partial charge on any atom is 0.202 e. The normalized spacial score (nSPS) is 29.8. The summed E-state index contributed by atoms with van der Waals surface area (Å²) in [6, 6.07) is 3.90. The van der Waals surface area contributed by atoms with Crippen molar-refractivity contribution >= 4 is 17.3 Å². The third-order valence-corrected chi connectivity index (χ3v) is 7.88. The molecule has 1 aliphatic heterocycles. The van der Waals surface area contributed by atoms with Gasteiger partial charge in [-0.25, -0.2) is 0 Å². The zero-order valence-electron chi connectivity index (χ0n) is 21.3. The lowest BCUT2D eigenvalue weighted by atomic mass is 9.72. The summed E-state index contributed by atoms with van der Waals surface area (Å²) in [7, 11) is 1.33. The van der Waals surface area contributed by atoms with Gasteiger partial charge in [0.25, 0.3) is 0 Å². The molecule has 12 heteroatoms. The monoisotopic (exact) mass is 544 g/mol. The molecule has 12 nitrogen and oxygen atoms in total. The molecule has 2 aromatic carbocycles. The molecule has 0 bridgehead atoms. The molecular weight excluding hydrogens is 514 g/mol. The first-order chi connectivity index (χ1) is 18.4. The third-order valence-electron chi connectivity index (χ3n) is 7.88. The van der Waals surface area contributed by atoms with Crippen LogP contribution in [0.4, 0.5) is 0 Å². The molecule has 1 saturated heterocycles. The molecule has 6 atom stereocenters. The fraction of sp³-hybridized carbons (Fsp3) is 0.444. The summed E-state index contributed by atoms with van der Waals surface area (Å²) in [5.74, 6) is -3.71. The molecule has 1 unspecified atom stereocenters. The Bertz CT molecular complexity index is 1380. The fourth-order valence-corrected chi connectivity index (χ4v) is 5.81. The summed E-state index contributed by atoms with van der Waals surface area (Å²) in [4.78, 5) is 39.8. The number of aromatic hydroxyl groups is 2. The number of phenols is 2. The molecule has 5 rings (SSSR count). The predicted molar refractivity (Wildman–Crippen MR) is 130 cm³/mol. The van der Waals surface area contributed by atoms with Gasteiger partial charge in [-0.15, -0.1) is 0 Å². The molecular formula is C27H30NO11+. The minimum atomic E-state index is -2.23. The highest BCUT2D eigenvalue weighted by molar-refractivity contribution is 6.31. The zero-order valence-corrected chi connectivity index (χ0v) is 21.3. The number of Topliss-reactive ketones (excluding diaryl/α,β-unsaturated/α-hetero) is 1. The number of carbonyl (C=O) groups excluding carboxylic acids is 3. The summed E-state index contributed by atoms with van der Waals surface area (Å²) in [6.07, 6.45) is -4.72. The minimum absolute atomic E-state index is 0.0450. The molecule has 0 radical (unpaired) electrons. The number of rotatable bonds is 5. The summed E-state index contributed by atoms with van der Waals surface area (Å²) in [6.45, 7) is 0.610. The number of fused-ring (bicyclic) bond motifs is 3. The molecule has 0 aromatic heterocycles. The average molecular weight is 545 g/mol. The molecule has 1 heterocycles. The van der Waals surface area contributed by atoms with E-state index in [1.807, 2.05) is 0 Å². The van der Waals surface area contributed by atoms with Crippen molar-refractivity contribution in [3.05, 3.63) is 51.6 Å². The lowest BCUT2D eigenvalue weighted by molar-refractivity contribution is -0.466.